The van der Waals surface area contributed by atoms with Crippen LogP contribution < -0.4 is 11.1 Å². The first kappa shape index (κ1) is 10.9. The summed E-state index contributed by atoms with van der Waals surface area (Å²) in [5.74, 6) is 0. The van der Waals surface area contributed by atoms with Crippen molar-refractivity contribution in [2.24, 2.45) is 5.73 Å². The molecule has 0 aliphatic heterocycles. The van der Waals surface area contributed by atoms with Crippen LogP contribution in [0.15, 0.2) is 24.3 Å². The van der Waals surface area contributed by atoms with Gasteiger partial charge < -0.3 is 11.1 Å². The van der Waals surface area contributed by atoms with Crippen LogP contribution in [0.2, 0.25) is 0 Å². The van der Waals surface area contributed by atoms with E-state index in [9.17, 15) is 0 Å². The van der Waals surface area contributed by atoms with Crippen molar-refractivity contribution in [3.8, 4) is 0 Å². The maximum Gasteiger partial charge on any atom is 0.0208 e. The summed E-state index contributed by atoms with van der Waals surface area (Å²) >= 11 is 2.31. The van der Waals surface area contributed by atoms with Gasteiger partial charge in [-0.1, -0.05) is 12.1 Å². The molecule has 72 valence electrons. The van der Waals surface area contributed by atoms with E-state index in [1.165, 1.54) is 9.13 Å². The van der Waals surface area contributed by atoms with Crippen LogP contribution in [-0.2, 0) is 6.54 Å². The molecule has 0 saturated heterocycles. The van der Waals surface area contributed by atoms with E-state index in [0.717, 1.165) is 6.54 Å². The molecule has 1 rings (SSSR count). The van der Waals surface area contributed by atoms with Crippen LogP contribution in [0.3, 0.4) is 0 Å². The number of hydrogen-bond donors (Lipinski definition) is 2. The summed E-state index contributed by atoms with van der Waals surface area (Å²) in [5, 5.41) is 3.34. The van der Waals surface area contributed by atoms with Crippen molar-refractivity contribution in [3.05, 3.63) is 33.4 Å². The van der Waals surface area contributed by atoms with E-state index in [1.54, 1.807) is 0 Å². The first-order chi connectivity index (χ1) is 6.22. The van der Waals surface area contributed by atoms with E-state index in [-0.39, 0.29) is 0 Å². The third kappa shape index (κ3) is 4.06. The van der Waals surface area contributed by atoms with E-state index in [0.29, 0.717) is 12.6 Å². The highest BCUT2D eigenvalue weighted by molar-refractivity contribution is 14.1. The van der Waals surface area contributed by atoms with Crippen molar-refractivity contribution in [1.29, 1.82) is 0 Å². The van der Waals surface area contributed by atoms with Gasteiger partial charge in [-0.15, -0.1) is 0 Å². The second-order valence-electron chi connectivity index (χ2n) is 3.14. The second-order valence-corrected chi connectivity index (χ2v) is 4.39. The Hall–Kier alpha value is -0.130. The van der Waals surface area contributed by atoms with Gasteiger partial charge in [-0.3, -0.25) is 0 Å². The lowest BCUT2D eigenvalue weighted by molar-refractivity contribution is 0.556. The summed E-state index contributed by atoms with van der Waals surface area (Å²) in [4.78, 5) is 0. The predicted octanol–water partition coefficient (Wildman–Crippen LogP) is 1.73. The Labute approximate surface area is 93.0 Å². The maximum absolute atomic E-state index is 5.50. The largest absolute Gasteiger partial charge is 0.329 e. The minimum atomic E-state index is 0.388. The highest BCUT2D eigenvalue weighted by Gasteiger charge is 1.97. The van der Waals surface area contributed by atoms with Gasteiger partial charge in [-0.25, -0.2) is 0 Å². The minimum absolute atomic E-state index is 0.388. The zero-order valence-electron chi connectivity index (χ0n) is 7.76. The fourth-order valence-corrected chi connectivity index (χ4v) is 1.34. The Morgan fingerprint density at radius 1 is 1.38 bits per heavy atom. The molecule has 13 heavy (non-hydrogen) atoms. The van der Waals surface area contributed by atoms with Gasteiger partial charge in [0.05, 0.1) is 0 Å². The molecule has 1 atom stereocenters. The van der Waals surface area contributed by atoms with Gasteiger partial charge in [0.15, 0.2) is 0 Å². The quantitative estimate of drug-likeness (QED) is 0.829. The Bertz CT molecular complexity index is 246. The van der Waals surface area contributed by atoms with Crippen molar-refractivity contribution >= 4 is 22.6 Å². The number of nitrogens with one attached hydrogen (secondary N) is 1. The van der Waals surface area contributed by atoms with Gasteiger partial charge in [0.1, 0.15) is 0 Å². The highest BCUT2D eigenvalue weighted by atomic mass is 127. The summed E-state index contributed by atoms with van der Waals surface area (Å²) in [6, 6.07) is 8.89. The standard InChI is InChI=1S/C10H15IN2/c1-8(6-12)13-7-9-2-4-10(11)5-3-9/h2-5,8,13H,6-7,12H2,1H3. The lowest BCUT2D eigenvalue weighted by atomic mass is 10.2. The van der Waals surface area contributed by atoms with Crippen LogP contribution in [0, 0.1) is 3.57 Å². The SMILES string of the molecule is CC(CN)NCc1ccc(I)cc1. The van der Waals surface area contributed by atoms with E-state index in [1.807, 2.05) is 0 Å². The molecule has 1 aromatic rings. The summed E-state index contributed by atoms with van der Waals surface area (Å²) in [7, 11) is 0. The summed E-state index contributed by atoms with van der Waals surface area (Å²) in [6.07, 6.45) is 0. The molecular formula is C10H15IN2. The topological polar surface area (TPSA) is 38.0 Å². The molecule has 0 heterocycles. The van der Waals surface area contributed by atoms with E-state index >= 15 is 0 Å². The van der Waals surface area contributed by atoms with Crippen LogP contribution in [0.4, 0.5) is 0 Å². The molecule has 3 N–H and O–H groups in total. The number of halogens is 1. The summed E-state index contributed by atoms with van der Waals surface area (Å²) in [5.41, 5.74) is 6.80. The number of hydrogen-bond acceptors (Lipinski definition) is 2. The summed E-state index contributed by atoms with van der Waals surface area (Å²) < 4.78 is 1.27. The van der Waals surface area contributed by atoms with Crippen LogP contribution in [-0.4, -0.2) is 12.6 Å². The third-order valence-electron chi connectivity index (χ3n) is 1.92. The highest BCUT2D eigenvalue weighted by Crippen LogP contribution is 2.06. The fourth-order valence-electron chi connectivity index (χ4n) is 0.978. The second kappa shape index (κ2) is 5.57. The van der Waals surface area contributed by atoms with Crippen LogP contribution >= 0.6 is 22.6 Å². The molecule has 0 spiro atoms. The average Bonchev–Trinajstić information content (AvgIpc) is 2.16. The van der Waals surface area contributed by atoms with Crippen molar-refractivity contribution in [1.82, 2.24) is 5.32 Å². The molecule has 0 aromatic heterocycles. The van der Waals surface area contributed by atoms with Crippen LogP contribution in [0.1, 0.15) is 12.5 Å². The first-order valence-corrected chi connectivity index (χ1v) is 5.48. The van der Waals surface area contributed by atoms with E-state index < -0.39 is 0 Å². The molecule has 0 bridgehead atoms. The molecule has 1 unspecified atom stereocenters. The van der Waals surface area contributed by atoms with E-state index in [2.05, 4.69) is 59.1 Å². The lowest BCUT2D eigenvalue weighted by Gasteiger charge is -2.10. The Kier molecular flexibility index (Phi) is 4.69. The average molecular weight is 290 g/mol. The van der Waals surface area contributed by atoms with Crippen molar-refractivity contribution in [2.45, 2.75) is 19.5 Å². The number of nitrogens with two attached hydrogens (primary N) is 1. The molecule has 0 saturated carbocycles. The molecule has 0 amide bonds. The van der Waals surface area contributed by atoms with Crippen LogP contribution in [0.5, 0.6) is 0 Å². The van der Waals surface area contributed by atoms with Crippen molar-refractivity contribution < 1.29 is 0 Å². The molecule has 3 heteroatoms. The monoisotopic (exact) mass is 290 g/mol. The van der Waals surface area contributed by atoms with Gasteiger partial charge in [0.2, 0.25) is 0 Å². The molecule has 0 aliphatic carbocycles. The van der Waals surface area contributed by atoms with Gasteiger partial charge in [-0.05, 0) is 47.2 Å². The number of benzene rings is 1. The molecule has 0 fully saturated rings. The van der Waals surface area contributed by atoms with Gasteiger partial charge in [-0.2, -0.15) is 0 Å². The molecule has 1 aromatic carbocycles. The third-order valence-corrected chi connectivity index (χ3v) is 2.64. The Morgan fingerprint density at radius 3 is 2.54 bits per heavy atom. The minimum Gasteiger partial charge on any atom is -0.329 e. The molecule has 0 radical (unpaired) electrons. The van der Waals surface area contributed by atoms with Crippen LogP contribution in [0.25, 0.3) is 0 Å². The number of rotatable bonds is 4. The fraction of sp³-hybridized carbons (Fsp3) is 0.400. The Balaban J connectivity index is 2.41. The van der Waals surface area contributed by atoms with Gasteiger partial charge in [0, 0.05) is 22.7 Å². The normalized spacial score (nSPS) is 12.8. The van der Waals surface area contributed by atoms with Crippen molar-refractivity contribution in [3.63, 3.8) is 0 Å². The predicted molar refractivity (Wildman–Crippen MR) is 64.5 cm³/mol. The summed E-state index contributed by atoms with van der Waals surface area (Å²) in [6.45, 7) is 3.67. The molecule has 0 aliphatic rings. The Morgan fingerprint density at radius 2 is 2.00 bits per heavy atom. The van der Waals surface area contributed by atoms with E-state index in [4.69, 9.17) is 5.73 Å². The zero-order chi connectivity index (χ0) is 9.68. The lowest BCUT2D eigenvalue weighted by Crippen LogP contribution is -2.32. The zero-order valence-corrected chi connectivity index (χ0v) is 9.91. The maximum atomic E-state index is 5.50. The molecule has 2 nitrogen and oxygen atoms in total. The smallest absolute Gasteiger partial charge is 0.0208 e. The first-order valence-electron chi connectivity index (χ1n) is 4.40. The molecular weight excluding hydrogens is 275 g/mol. The van der Waals surface area contributed by atoms with Gasteiger partial charge in [0.25, 0.3) is 0 Å². The van der Waals surface area contributed by atoms with Crippen molar-refractivity contribution in [2.75, 3.05) is 6.54 Å². The van der Waals surface area contributed by atoms with Gasteiger partial charge >= 0.3 is 0 Å².